The zero-order valence-corrected chi connectivity index (χ0v) is 16.4. The van der Waals surface area contributed by atoms with Gasteiger partial charge in [-0.3, -0.25) is 9.59 Å². The summed E-state index contributed by atoms with van der Waals surface area (Å²) in [7, 11) is 1.64. The number of ether oxygens (including phenoxy) is 1. The minimum Gasteiger partial charge on any atom is -0.495 e. The van der Waals surface area contributed by atoms with Gasteiger partial charge in [-0.1, -0.05) is 37.3 Å². The van der Waals surface area contributed by atoms with Gasteiger partial charge in [0.2, 0.25) is 11.8 Å². The van der Waals surface area contributed by atoms with Crippen LogP contribution in [0, 0.1) is 5.92 Å². The van der Waals surface area contributed by atoms with Gasteiger partial charge in [-0.05, 0) is 48.4 Å². The Morgan fingerprint density at radius 2 is 2.04 bits per heavy atom. The van der Waals surface area contributed by atoms with Gasteiger partial charge in [0.15, 0.2) is 0 Å². The summed E-state index contributed by atoms with van der Waals surface area (Å²) in [6.07, 6.45) is 2.52. The predicted molar refractivity (Wildman–Crippen MR) is 110 cm³/mol. The molecule has 2 heterocycles. The van der Waals surface area contributed by atoms with Crippen LogP contribution in [0.4, 0.5) is 11.4 Å². The van der Waals surface area contributed by atoms with Crippen molar-refractivity contribution in [2.45, 2.75) is 38.5 Å². The van der Waals surface area contributed by atoms with Gasteiger partial charge >= 0.3 is 0 Å². The van der Waals surface area contributed by atoms with Crippen molar-refractivity contribution in [3.8, 4) is 5.75 Å². The summed E-state index contributed by atoms with van der Waals surface area (Å²) in [4.78, 5) is 27.4. The topological polar surface area (TPSA) is 58.6 Å². The molecule has 0 unspecified atom stereocenters. The normalized spacial score (nSPS) is 20.8. The number of fused-ring (bicyclic) bond motifs is 2. The van der Waals surface area contributed by atoms with Crippen LogP contribution in [0.2, 0.25) is 0 Å². The van der Waals surface area contributed by atoms with Gasteiger partial charge in [0.1, 0.15) is 5.75 Å². The van der Waals surface area contributed by atoms with Crippen LogP contribution in [-0.4, -0.2) is 25.5 Å². The van der Waals surface area contributed by atoms with E-state index in [4.69, 9.17) is 4.74 Å². The molecule has 4 rings (SSSR count). The lowest BCUT2D eigenvalue weighted by atomic mass is 9.88. The number of methoxy groups -OCH3 is 1. The first-order valence-corrected chi connectivity index (χ1v) is 9.94. The number of hydrogen-bond acceptors (Lipinski definition) is 3. The molecule has 2 atom stereocenters. The number of nitrogens with zero attached hydrogens (tertiary/aromatic N) is 1. The number of nitrogens with one attached hydrogen (secondary N) is 1. The highest BCUT2D eigenvalue weighted by atomic mass is 16.5. The molecule has 0 aromatic heterocycles. The van der Waals surface area contributed by atoms with Crippen LogP contribution < -0.4 is 15.0 Å². The van der Waals surface area contributed by atoms with Crippen LogP contribution in [0.1, 0.15) is 43.2 Å². The molecule has 1 N–H and O–H groups in total. The highest BCUT2D eigenvalue weighted by molar-refractivity contribution is 5.98. The van der Waals surface area contributed by atoms with E-state index in [1.54, 1.807) is 7.11 Å². The van der Waals surface area contributed by atoms with Gasteiger partial charge in [-0.2, -0.15) is 0 Å². The number of hydrogen-bond donors (Lipinski definition) is 1. The molecule has 0 saturated carbocycles. The van der Waals surface area contributed by atoms with Crippen molar-refractivity contribution in [2.75, 3.05) is 23.9 Å². The minimum atomic E-state index is -0.167. The third-order valence-corrected chi connectivity index (χ3v) is 5.96. The lowest BCUT2D eigenvalue weighted by Crippen LogP contribution is -2.37. The van der Waals surface area contributed by atoms with E-state index >= 15 is 0 Å². The van der Waals surface area contributed by atoms with Crippen molar-refractivity contribution >= 4 is 23.2 Å². The Hall–Kier alpha value is -2.82. The highest BCUT2D eigenvalue weighted by Crippen LogP contribution is 2.41. The Bertz CT molecular complexity index is 908. The molecule has 2 amide bonds. The smallest absolute Gasteiger partial charge is 0.227 e. The Balaban J connectivity index is 1.48. The molecule has 0 spiro atoms. The molecule has 2 aliphatic rings. The Kier molecular flexibility index (Phi) is 5.07. The van der Waals surface area contributed by atoms with E-state index < -0.39 is 0 Å². The van der Waals surface area contributed by atoms with Gasteiger partial charge in [0, 0.05) is 24.6 Å². The minimum absolute atomic E-state index is 0.0109. The fraction of sp³-hybridized carbons (Fsp3) is 0.391. The molecule has 0 aliphatic carbocycles. The van der Waals surface area contributed by atoms with Gasteiger partial charge in [-0.15, -0.1) is 0 Å². The Morgan fingerprint density at radius 3 is 2.86 bits per heavy atom. The predicted octanol–water partition coefficient (Wildman–Crippen LogP) is 4.13. The monoisotopic (exact) mass is 378 g/mol. The summed E-state index contributed by atoms with van der Waals surface area (Å²) in [5.41, 5.74) is 4.08. The zero-order valence-electron chi connectivity index (χ0n) is 16.4. The number of benzene rings is 2. The molecule has 146 valence electrons. The fourth-order valence-electron chi connectivity index (χ4n) is 4.31. The number of para-hydroxylation sites is 2. The standard InChI is InChI=1S/C23H26N2O3/c1-15-12-13-25(22-18(15)7-5-9-20(22)28-2)21(26)11-10-17-14-16-6-3-4-8-19(16)24-23(17)27/h3-9,15,17H,10-14H2,1-2H3,(H,24,27)/t15-,17+/m0/s1. The van der Waals surface area contributed by atoms with E-state index in [2.05, 4.69) is 18.3 Å². The Morgan fingerprint density at radius 1 is 1.21 bits per heavy atom. The molecule has 0 fully saturated rings. The van der Waals surface area contributed by atoms with Crippen LogP contribution in [-0.2, 0) is 16.0 Å². The lowest BCUT2D eigenvalue weighted by molar-refractivity contribution is -0.121. The van der Waals surface area contributed by atoms with Crippen LogP contribution in [0.5, 0.6) is 5.75 Å². The van der Waals surface area contributed by atoms with Gasteiger partial charge in [0.25, 0.3) is 0 Å². The van der Waals surface area contributed by atoms with E-state index in [0.29, 0.717) is 31.7 Å². The summed E-state index contributed by atoms with van der Waals surface area (Å²) < 4.78 is 5.53. The average Bonchev–Trinajstić information content (AvgIpc) is 2.72. The van der Waals surface area contributed by atoms with E-state index in [9.17, 15) is 9.59 Å². The number of rotatable bonds is 4. The molecule has 5 heteroatoms. The summed E-state index contributed by atoms with van der Waals surface area (Å²) >= 11 is 0. The van der Waals surface area contributed by atoms with Crippen LogP contribution in [0.25, 0.3) is 0 Å². The summed E-state index contributed by atoms with van der Waals surface area (Å²) in [5.74, 6) is 1.04. The second-order valence-electron chi connectivity index (χ2n) is 7.72. The Labute approximate surface area is 165 Å². The number of amides is 2. The van der Waals surface area contributed by atoms with Crippen molar-refractivity contribution in [1.82, 2.24) is 0 Å². The fourth-order valence-corrected chi connectivity index (χ4v) is 4.31. The summed E-state index contributed by atoms with van der Waals surface area (Å²) in [6.45, 7) is 2.87. The van der Waals surface area contributed by atoms with Gasteiger partial charge < -0.3 is 15.0 Å². The quantitative estimate of drug-likeness (QED) is 0.870. The molecule has 2 aromatic rings. The SMILES string of the molecule is COc1cccc2c1N(C(=O)CC[C@@H]1Cc3ccccc3NC1=O)CC[C@@H]2C. The highest BCUT2D eigenvalue weighted by Gasteiger charge is 2.31. The third-order valence-electron chi connectivity index (χ3n) is 5.96. The van der Waals surface area contributed by atoms with Crippen LogP contribution >= 0.6 is 0 Å². The largest absolute Gasteiger partial charge is 0.495 e. The molecule has 5 nitrogen and oxygen atoms in total. The van der Waals surface area contributed by atoms with E-state index in [1.165, 1.54) is 0 Å². The maximum atomic E-state index is 13.1. The zero-order chi connectivity index (χ0) is 19.7. The maximum Gasteiger partial charge on any atom is 0.227 e. The second-order valence-corrected chi connectivity index (χ2v) is 7.72. The molecule has 2 aromatic carbocycles. The van der Waals surface area contributed by atoms with E-state index in [0.717, 1.165) is 34.7 Å². The van der Waals surface area contributed by atoms with Crippen molar-refractivity contribution in [1.29, 1.82) is 0 Å². The molecule has 0 saturated heterocycles. The number of anilines is 2. The summed E-state index contributed by atoms with van der Waals surface area (Å²) in [6, 6.07) is 13.8. The van der Waals surface area contributed by atoms with E-state index in [1.807, 2.05) is 41.3 Å². The van der Waals surface area contributed by atoms with Crippen molar-refractivity contribution in [3.63, 3.8) is 0 Å². The van der Waals surface area contributed by atoms with Crippen LogP contribution in [0.15, 0.2) is 42.5 Å². The first kappa shape index (κ1) is 18.5. The van der Waals surface area contributed by atoms with Gasteiger partial charge in [-0.25, -0.2) is 0 Å². The molecule has 2 aliphatic heterocycles. The van der Waals surface area contributed by atoms with Crippen molar-refractivity contribution in [2.24, 2.45) is 5.92 Å². The van der Waals surface area contributed by atoms with Crippen molar-refractivity contribution < 1.29 is 14.3 Å². The third kappa shape index (κ3) is 3.37. The van der Waals surface area contributed by atoms with Crippen molar-refractivity contribution in [3.05, 3.63) is 53.6 Å². The maximum absolute atomic E-state index is 13.1. The molecule has 0 radical (unpaired) electrons. The lowest BCUT2D eigenvalue weighted by Gasteiger charge is -2.34. The average molecular weight is 378 g/mol. The summed E-state index contributed by atoms with van der Waals surface area (Å²) in [5, 5.41) is 2.97. The number of carbonyl (C=O) groups is 2. The molecular formula is C23H26N2O3. The second kappa shape index (κ2) is 7.66. The first-order valence-electron chi connectivity index (χ1n) is 9.94. The number of carbonyl (C=O) groups excluding carboxylic acids is 2. The van der Waals surface area contributed by atoms with Gasteiger partial charge in [0.05, 0.1) is 12.8 Å². The van der Waals surface area contributed by atoms with E-state index in [-0.39, 0.29) is 17.7 Å². The first-order chi connectivity index (χ1) is 13.6. The molecular weight excluding hydrogens is 352 g/mol. The van der Waals surface area contributed by atoms with Crippen LogP contribution in [0.3, 0.4) is 0 Å². The molecule has 28 heavy (non-hydrogen) atoms. The molecule has 0 bridgehead atoms.